The van der Waals surface area contributed by atoms with E-state index in [4.69, 9.17) is 9.47 Å². The first-order valence-electron chi connectivity index (χ1n) is 15.0. The topological polar surface area (TPSA) is 88.2 Å². The van der Waals surface area contributed by atoms with E-state index in [2.05, 4.69) is 5.32 Å². The molecule has 12 heteroatoms. The smallest absolute Gasteiger partial charge is 0.417 e. The molecule has 0 spiro atoms. The lowest BCUT2D eigenvalue weighted by Crippen LogP contribution is -2.39. The average Bonchev–Trinajstić information content (AvgIpc) is 2.95. The van der Waals surface area contributed by atoms with Gasteiger partial charge < -0.3 is 24.6 Å². The van der Waals surface area contributed by atoms with E-state index in [0.29, 0.717) is 30.5 Å². The summed E-state index contributed by atoms with van der Waals surface area (Å²) in [6, 6.07) is 7.37. The van der Waals surface area contributed by atoms with Crippen LogP contribution in [0.3, 0.4) is 0 Å². The zero-order valence-electron chi connectivity index (χ0n) is 26.8. The predicted octanol–water partition coefficient (Wildman–Crippen LogP) is 8.15. The van der Waals surface area contributed by atoms with E-state index in [-0.39, 0.29) is 36.4 Å². The van der Waals surface area contributed by atoms with Crippen LogP contribution in [0.25, 0.3) is 11.1 Å². The second-order valence-corrected chi connectivity index (χ2v) is 13.2. The van der Waals surface area contributed by atoms with Crippen molar-refractivity contribution in [3.8, 4) is 0 Å². The van der Waals surface area contributed by atoms with Crippen molar-refractivity contribution in [1.82, 2.24) is 9.80 Å². The maximum atomic E-state index is 15.1. The number of carbonyl (C=O) groups excluding carboxylic acids is 3. The van der Waals surface area contributed by atoms with Gasteiger partial charge in [0.2, 0.25) is 0 Å². The van der Waals surface area contributed by atoms with Crippen molar-refractivity contribution in [2.75, 3.05) is 31.5 Å². The quantitative estimate of drug-likeness (QED) is 0.339. The maximum absolute atomic E-state index is 15.1. The standard InChI is InChI=1S/C34H39F4N3O5/c1-32(2,3)45-30(43)40-15-11-21(12-16-40)23-7-9-26(27(19-23)34(36,37)38)29(42)39-24-8-10-25(28(35)20-24)22-13-17-41(18-14-22)31(44)46-33(4,5)6/h7-11,13,19-20H,12,14-18H2,1-6H3,(H,39,42). The third-order valence-electron chi connectivity index (χ3n) is 7.23. The lowest BCUT2D eigenvalue weighted by atomic mass is 9.94. The van der Waals surface area contributed by atoms with Crippen LogP contribution in [0.1, 0.15) is 81.4 Å². The van der Waals surface area contributed by atoms with Crippen LogP contribution in [0.15, 0.2) is 48.6 Å². The Morgan fingerprint density at radius 3 is 1.76 bits per heavy atom. The van der Waals surface area contributed by atoms with E-state index >= 15 is 4.39 Å². The normalized spacial score (nSPS) is 16.0. The summed E-state index contributed by atoms with van der Waals surface area (Å²) in [4.78, 5) is 40.7. The molecule has 0 atom stereocenters. The van der Waals surface area contributed by atoms with Crippen LogP contribution in [-0.2, 0) is 15.7 Å². The molecule has 0 fully saturated rings. The number of nitrogens with zero attached hydrogens (tertiary/aromatic N) is 2. The zero-order valence-corrected chi connectivity index (χ0v) is 26.8. The second-order valence-electron chi connectivity index (χ2n) is 13.2. The molecule has 8 nitrogen and oxygen atoms in total. The number of alkyl halides is 3. The van der Waals surface area contributed by atoms with Crippen molar-refractivity contribution >= 4 is 34.9 Å². The predicted molar refractivity (Wildman–Crippen MR) is 167 cm³/mol. The molecule has 0 radical (unpaired) electrons. The highest BCUT2D eigenvalue weighted by molar-refractivity contribution is 6.05. The van der Waals surface area contributed by atoms with Crippen LogP contribution < -0.4 is 5.32 Å². The number of nitrogens with one attached hydrogen (secondary N) is 1. The highest BCUT2D eigenvalue weighted by Crippen LogP contribution is 2.36. The van der Waals surface area contributed by atoms with Gasteiger partial charge >= 0.3 is 18.4 Å². The minimum atomic E-state index is -4.84. The molecular formula is C34H39F4N3O5. The Kier molecular flexibility index (Phi) is 9.89. The molecule has 3 amide bonds. The van der Waals surface area contributed by atoms with Crippen molar-refractivity contribution in [2.24, 2.45) is 0 Å². The number of amides is 3. The first-order chi connectivity index (χ1) is 21.3. The van der Waals surface area contributed by atoms with Gasteiger partial charge in [-0.1, -0.05) is 18.2 Å². The Labute approximate surface area is 266 Å². The molecule has 0 saturated heterocycles. The second kappa shape index (κ2) is 13.2. The summed E-state index contributed by atoms with van der Waals surface area (Å²) < 4.78 is 68.3. The van der Waals surface area contributed by atoms with Crippen LogP contribution in [0.4, 0.5) is 32.8 Å². The molecule has 2 aromatic rings. The van der Waals surface area contributed by atoms with Gasteiger partial charge in [-0.15, -0.1) is 0 Å². The third kappa shape index (κ3) is 8.88. The number of benzene rings is 2. The number of ether oxygens (including phenoxy) is 2. The maximum Gasteiger partial charge on any atom is 0.417 e. The Morgan fingerprint density at radius 1 is 0.761 bits per heavy atom. The molecule has 46 heavy (non-hydrogen) atoms. The first-order valence-corrected chi connectivity index (χ1v) is 15.0. The van der Waals surface area contributed by atoms with Crippen molar-refractivity contribution in [3.63, 3.8) is 0 Å². The number of rotatable bonds is 4. The van der Waals surface area contributed by atoms with Gasteiger partial charge in [-0.25, -0.2) is 14.0 Å². The van der Waals surface area contributed by atoms with Crippen molar-refractivity contribution < 1.29 is 41.4 Å². The molecule has 2 aromatic carbocycles. The van der Waals surface area contributed by atoms with E-state index in [0.717, 1.165) is 18.2 Å². The SMILES string of the molecule is CC(C)(C)OC(=O)N1CC=C(c2ccc(C(=O)Nc3ccc(C4=CCN(C(=O)OC(C)(C)C)CC4)c(F)c3)c(C(F)(F)F)c2)CC1. The van der Waals surface area contributed by atoms with E-state index < -0.39 is 52.4 Å². The van der Waals surface area contributed by atoms with Gasteiger partial charge in [-0.3, -0.25) is 4.79 Å². The van der Waals surface area contributed by atoms with Crippen LogP contribution in [0.2, 0.25) is 0 Å². The lowest BCUT2D eigenvalue weighted by Gasteiger charge is -2.30. The fraction of sp³-hybridized carbons (Fsp3) is 0.441. The van der Waals surface area contributed by atoms with Gasteiger partial charge in [-0.05, 0) is 101 Å². The summed E-state index contributed by atoms with van der Waals surface area (Å²) >= 11 is 0. The van der Waals surface area contributed by atoms with Gasteiger partial charge in [0.15, 0.2) is 0 Å². The van der Waals surface area contributed by atoms with E-state index in [1.165, 1.54) is 28.0 Å². The van der Waals surface area contributed by atoms with E-state index in [1.807, 2.05) is 0 Å². The summed E-state index contributed by atoms with van der Waals surface area (Å²) in [6.07, 6.45) is -1.73. The summed E-state index contributed by atoms with van der Waals surface area (Å²) in [5, 5.41) is 2.38. The third-order valence-corrected chi connectivity index (χ3v) is 7.23. The fourth-order valence-electron chi connectivity index (χ4n) is 5.06. The minimum absolute atomic E-state index is 0.00698. The molecule has 2 aliphatic heterocycles. The fourth-order valence-corrected chi connectivity index (χ4v) is 5.06. The van der Waals surface area contributed by atoms with Gasteiger partial charge in [0.05, 0.1) is 11.1 Å². The number of anilines is 1. The van der Waals surface area contributed by atoms with Crippen molar-refractivity contribution in [1.29, 1.82) is 0 Å². The summed E-state index contributed by atoms with van der Waals surface area (Å²) in [7, 11) is 0. The Bertz CT molecular complexity index is 1570. The number of halogens is 4. The number of carbonyl (C=O) groups is 3. The van der Waals surface area contributed by atoms with E-state index in [1.54, 1.807) is 53.7 Å². The highest BCUT2D eigenvalue weighted by Gasteiger charge is 2.36. The van der Waals surface area contributed by atoms with Crippen LogP contribution >= 0.6 is 0 Å². The van der Waals surface area contributed by atoms with Gasteiger partial charge in [0.25, 0.3) is 5.91 Å². The minimum Gasteiger partial charge on any atom is -0.444 e. The molecule has 0 unspecified atom stereocenters. The average molecular weight is 646 g/mol. The molecular weight excluding hydrogens is 606 g/mol. The first kappa shape index (κ1) is 34.5. The molecule has 0 bridgehead atoms. The van der Waals surface area contributed by atoms with Gasteiger partial charge in [0, 0.05) is 37.4 Å². The summed E-state index contributed by atoms with van der Waals surface area (Å²) in [5.74, 6) is -1.70. The Hall–Kier alpha value is -4.35. The number of hydrogen-bond donors (Lipinski definition) is 1. The zero-order chi connectivity index (χ0) is 34.0. The monoisotopic (exact) mass is 645 g/mol. The van der Waals surface area contributed by atoms with Crippen molar-refractivity contribution in [3.05, 3.63) is 76.6 Å². The highest BCUT2D eigenvalue weighted by atomic mass is 19.4. The van der Waals surface area contributed by atoms with Crippen LogP contribution in [-0.4, -0.2) is 65.3 Å². The van der Waals surface area contributed by atoms with Crippen molar-refractivity contribution in [2.45, 2.75) is 71.8 Å². The largest absolute Gasteiger partial charge is 0.444 e. The molecule has 1 N–H and O–H groups in total. The summed E-state index contributed by atoms with van der Waals surface area (Å²) in [5.41, 5.74) is -1.22. The Balaban J connectivity index is 1.46. The van der Waals surface area contributed by atoms with E-state index in [9.17, 15) is 27.6 Å². The molecule has 0 aromatic heterocycles. The van der Waals surface area contributed by atoms with Crippen LogP contribution in [0.5, 0.6) is 0 Å². The number of hydrogen-bond acceptors (Lipinski definition) is 5. The molecule has 0 saturated carbocycles. The molecule has 0 aliphatic carbocycles. The molecule has 4 rings (SSSR count). The van der Waals surface area contributed by atoms with Crippen LogP contribution in [0, 0.1) is 5.82 Å². The lowest BCUT2D eigenvalue weighted by molar-refractivity contribution is -0.137. The Morgan fingerprint density at radius 2 is 1.30 bits per heavy atom. The summed E-state index contributed by atoms with van der Waals surface area (Å²) in [6.45, 7) is 11.5. The molecule has 2 heterocycles. The van der Waals surface area contributed by atoms with Gasteiger partial charge in [-0.2, -0.15) is 13.2 Å². The molecule has 248 valence electrons. The van der Waals surface area contributed by atoms with Gasteiger partial charge in [0.1, 0.15) is 17.0 Å². The molecule has 2 aliphatic rings.